The van der Waals surface area contributed by atoms with Gasteiger partial charge < -0.3 is 9.90 Å². The summed E-state index contributed by atoms with van der Waals surface area (Å²) in [6.45, 7) is 3.79. The van der Waals surface area contributed by atoms with Crippen LogP contribution in [0.25, 0.3) is 0 Å². The van der Waals surface area contributed by atoms with Crippen molar-refractivity contribution in [3.8, 4) is 0 Å². The molecule has 0 aromatic carbocycles. The van der Waals surface area contributed by atoms with Crippen molar-refractivity contribution in [2.75, 3.05) is 13.1 Å². The number of nitrogens with zero attached hydrogens (tertiary/aromatic N) is 2. The van der Waals surface area contributed by atoms with E-state index < -0.39 is 5.97 Å². The number of carbonyl (C=O) groups is 1. The number of carboxylic acid groups (broad SMARTS) is 1. The topological polar surface area (TPSA) is 56.3 Å². The van der Waals surface area contributed by atoms with Gasteiger partial charge >= 0.3 is 18.9 Å². The molecule has 1 fully saturated rings. The second-order valence-corrected chi connectivity index (χ2v) is 4.59. The van der Waals surface area contributed by atoms with Crippen molar-refractivity contribution in [1.29, 1.82) is 0 Å². The van der Waals surface area contributed by atoms with Crippen LogP contribution < -0.4 is 24.0 Å². The number of pyridine rings is 1. The van der Waals surface area contributed by atoms with Gasteiger partial charge in [0.1, 0.15) is 0 Å². The van der Waals surface area contributed by atoms with Gasteiger partial charge in [-0.15, -0.1) is 0 Å². The first-order valence-corrected chi connectivity index (χ1v) is 6.03. The van der Waals surface area contributed by atoms with Crippen LogP contribution >= 0.6 is 0 Å². The number of likely N-dealkylation sites (tertiary alicyclic amines) is 1. The predicted molar refractivity (Wildman–Crippen MR) is 62.0 cm³/mol. The average Bonchev–Trinajstić information content (AvgIpc) is 2.39. The minimum atomic E-state index is -0.902. The zero-order valence-electron chi connectivity index (χ0n) is 11.0. The number of hydrogen-bond acceptors (Lipinski definition) is 4. The fourth-order valence-corrected chi connectivity index (χ4v) is 2.38. The van der Waals surface area contributed by atoms with Crippen molar-refractivity contribution in [3.63, 3.8) is 0 Å². The number of carboxylic acids is 1. The Labute approximate surface area is 120 Å². The number of hydrogen-bond donors (Lipinski definition) is 0. The second kappa shape index (κ2) is 6.94. The van der Waals surface area contributed by atoms with Gasteiger partial charge in [0.25, 0.3) is 0 Å². The molecule has 18 heavy (non-hydrogen) atoms. The predicted octanol–water partition coefficient (Wildman–Crippen LogP) is -2.39. The number of carbonyl (C=O) groups excluding carboxylic acids is 1. The van der Waals surface area contributed by atoms with Gasteiger partial charge in [0, 0.05) is 30.3 Å². The molecule has 0 bridgehead atoms. The number of aromatic nitrogens is 1. The second-order valence-electron chi connectivity index (χ2n) is 4.59. The molecule has 92 valence electrons. The Bertz CT molecular complexity index is 378. The van der Waals surface area contributed by atoms with E-state index in [2.05, 4.69) is 16.8 Å². The van der Waals surface area contributed by atoms with E-state index in [1.165, 1.54) is 5.56 Å². The molecule has 2 heterocycles. The van der Waals surface area contributed by atoms with Gasteiger partial charge in [-0.25, -0.2) is 0 Å². The molecule has 0 N–H and O–H groups in total. The van der Waals surface area contributed by atoms with E-state index in [0.717, 1.165) is 13.1 Å². The van der Waals surface area contributed by atoms with Gasteiger partial charge in [-0.05, 0) is 50.6 Å². The van der Waals surface area contributed by atoms with Crippen LogP contribution in [0.15, 0.2) is 24.5 Å². The van der Waals surface area contributed by atoms with Crippen LogP contribution in [0.5, 0.6) is 0 Å². The fraction of sp³-hybridized carbons (Fsp3) is 0.538. The smallest absolute Gasteiger partial charge is 0.550 e. The summed E-state index contributed by atoms with van der Waals surface area (Å²) in [5, 5.41) is 10.8. The monoisotopic (exact) mass is 240 g/mol. The first kappa shape index (κ1) is 15.2. The van der Waals surface area contributed by atoms with Crippen LogP contribution in [0.3, 0.4) is 0 Å². The third kappa shape index (κ3) is 3.58. The van der Waals surface area contributed by atoms with E-state index in [9.17, 15) is 9.90 Å². The molecule has 1 unspecified atom stereocenters. The first-order chi connectivity index (χ1) is 8.18. The maximum absolute atomic E-state index is 10.8. The average molecular weight is 240 g/mol. The molecule has 1 aromatic heterocycles. The summed E-state index contributed by atoms with van der Waals surface area (Å²) in [6, 6.07) is 4.34. The van der Waals surface area contributed by atoms with Gasteiger partial charge in [0.15, 0.2) is 0 Å². The van der Waals surface area contributed by atoms with Gasteiger partial charge in [0.05, 0.1) is 0 Å². The van der Waals surface area contributed by atoms with E-state index in [4.69, 9.17) is 0 Å². The Morgan fingerprint density at radius 2 is 1.94 bits per heavy atom. The van der Waals surface area contributed by atoms with Crippen LogP contribution in [-0.2, 0) is 4.79 Å². The Kier molecular flexibility index (Phi) is 5.87. The molecule has 0 amide bonds. The largest absolute Gasteiger partial charge is 1.00 e. The van der Waals surface area contributed by atoms with Crippen LogP contribution in [0, 0.1) is 5.92 Å². The summed E-state index contributed by atoms with van der Waals surface area (Å²) in [6.07, 6.45) is 4.97. The van der Waals surface area contributed by atoms with Gasteiger partial charge in [-0.1, -0.05) is 0 Å². The van der Waals surface area contributed by atoms with E-state index >= 15 is 0 Å². The molecule has 0 spiro atoms. The van der Waals surface area contributed by atoms with Crippen molar-refractivity contribution in [1.82, 2.24) is 9.88 Å². The van der Waals surface area contributed by atoms with Crippen LogP contribution in [0.2, 0.25) is 0 Å². The van der Waals surface area contributed by atoms with E-state index in [0.29, 0.717) is 18.9 Å². The molecule has 2 rings (SSSR count). The first-order valence-electron chi connectivity index (χ1n) is 6.03. The standard InChI is InChI=1S/C13H18N2O2.Li/c1-10(11-2-6-14-7-3-11)15-8-4-12(5-9-15)13(16)17;/h2-3,6-7,10,12H,4-5,8-9H2,1H3,(H,16,17);/q;+1/p-1. The van der Waals surface area contributed by atoms with Crippen molar-refractivity contribution >= 4 is 5.97 Å². The normalized spacial score (nSPS) is 18.9. The van der Waals surface area contributed by atoms with Crippen molar-refractivity contribution in [2.24, 2.45) is 5.92 Å². The van der Waals surface area contributed by atoms with Gasteiger partial charge in [-0.3, -0.25) is 9.88 Å². The Balaban J connectivity index is 0.00000162. The van der Waals surface area contributed by atoms with Crippen molar-refractivity contribution < 1.29 is 28.8 Å². The molecule has 1 aliphatic heterocycles. The molecular weight excluding hydrogens is 223 g/mol. The number of piperidine rings is 1. The molecule has 1 saturated heterocycles. The summed E-state index contributed by atoms with van der Waals surface area (Å²) in [5.41, 5.74) is 1.23. The minimum absolute atomic E-state index is 0. The Morgan fingerprint density at radius 1 is 1.39 bits per heavy atom. The summed E-state index contributed by atoms with van der Waals surface area (Å²) in [4.78, 5) is 17.1. The van der Waals surface area contributed by atoms with Crippen LogP contribution in [0.4, 0.5) is 0 Å². The van der Waals surface area contributed by atoms with Crippen LogP contribution in [-0.4, -0.2) is 28.9 Å². The molecule has 1 aromatic rings. The molecule has 0 radical (unpaired) electrons. The zero-order valence-corrected chi connectivity index (χ0v) is 11.0. The van der Waals surface area contributed by atoms with Gasteiger partial charge in [0.2, 0.25) is 0 Å². The summed E-state index contributed by atoms with van der Waals surface area (Å²) < 4.78 is 0. The zero-order chi connectivity index (χ0) is 12.3. The summed E-state index contributed by atoms with van der Waals surface area (Å²) >= 11 is 0. The molecular formula is C13H17LiN2O2. The third-order valence-electron chi connectivity index (χ3n) is 3.60. The summed E-state index contributed by atoms with van der Waals surface area (Å²) in [5.74, 6) is -1.17. The SMILES string of the molecule is CC(c1ccncc1)N1CCC(C(=O)[O-])CC1.[Li+]. The molecule has 0 saturated carbocycles. The molecule has 5 heteroatoms. The maximum Gasteiger partial charge on any atom is 1.00 e. The molecule has 4 nitrogen and oxygen atoms in total. The summed E-state index contributed by atoms with van der Waals surface area (Å²) in [7, 11) is 0. The Morgan fingerprint density at radius 3 is 2.44 bits per heavy atom. The van der Waals surface area contributed by atoms with Crippen molar-refractivity contribution in [3.05, 3.63) is 30.1 Å². The van der Waals surface area contributed by atoms with E-state index in [1.54, 1.807) is 12.4 Å². The molecule has 1 atom stereocenters. The molecule has 0 aliphatic carbocycles. The van der Waals surface area contributed by atoms with Crippen molar-refractivity contribution in [2.45, 2.75) is 25.8 Å². The Hall–Kier alpha value is -0.823. The quantitative estimate of drug-likeness (QED) is 0.553. The fourth-order valence-electron chi connectivity index (χ4n) is 2.38. The molecule has 1 aliphatic rings. The number of aliphatic carboxylic acids is 1. The van der Waals surface area contributed by atoms with Gasteiger partial charge in [-0.2, -0.15) is 0 Å². The van der Waals surface area contributed by atoms with E-state index in [-0.39, 0.29) is 24.8 Å². The van der Waals surface area contributed by atoms with Crippen LogP contribution in [0.1, 0.15) is 31.4 Å². The minimum Gasteiger partial charge on any atom is -0.550 e. The number of rotatable bonds is 3. The maximum atomic E-state index is 10.8. The third-order valence-corrected chi connectivity index (χ3v) is 3.60. The van der Waals surface area contributed by atoms with E-state index in [1.807, 2.05) is 12.1 Å².